The summed E-state index contributed by atoms with van der Waals surface area (Å²) in [5.74, 6) is 0.576. The number of hydrogen-bond donors (Lipinski definition) is 1. The van der Waals surface area contributed by atoms with Gasteiger partial charge in [-0.15, -0.1) is 11.3 Å². The SMILES string of the molecule is CCC1CCCC(C#N)(C(O)c2sccc2Br)C1. The second kappa shape index (κ2) is 5.73. The Kier molecular flexibility index (Phi) is 4.47. The molecule has 1 saturated carbocycles. The van der Waals surface area contributed by atoms with Gasteiger partial charge in [-0.3, -0.25) is 0 Å². The van der Waals surface area contributed by atoms with Crippen LogP contribution >= 0.6 is 27.3 Å². The van der Waals surface area contributed by atoms with E-state index in [4.69, 9.17) is 0 Å². The van der Waals surface area contributed by atoms with Gasteiger partial charge >= 0.3 is 0 Å². The Bertz CT molecular complexity index is 453. The van der Waals surface area contributed by atoms with Crippen molar-refractivity contribution in [2.24, 2.45) is 11.3 Å². The van der Waals surface area contributed by atoms with Gasteiger partial charge in [0.2, 0.25) is 0 Å². The second-order valence-corrected chi connectivity index (χ2v) is 6.98. The monoisotopic (exact) mass is 327 g/mol. The van der Waals surface area contributed by atoms with Crippen LogP contribution in [0.15, 0.2) is 15.9 Å². The third-order valence-electron chi connectivity index (χ3n) is 4.10. The molecule has 0 amide bonds. The summed E-state index contributed by atoms with van der Waals surface area (Å²) in [5, 5.41) is 22.2. The third-order valence-corrected chi connectivity index (χ3v) is 6.03. The average molecular weight is 328 g/mol. The van der Waals surface area contributed by atoms with Crippen molar-refractivity contribution < 1.29 is 5.11 Å². The Morgan fingerprint density at radius 1 is 1.72 bits per heavy atom. The number of halogens is 1. The highest BCUT2D eigenvalue weighted by molar-refractivity contribution is 9.10. The number of nitrogens with zero attached hydrogens (tertiary/aromatic N) is 1. The van der Waals surface area contributed by atoms with E-state index in [1.54, 1.807) is 0 Å². The van der Waals surface area contributed by atoms with Gasteiger partial charge in [0.15, 0.2) is 0 Å². The number of thiophene rings is 1. The Morgan fingerprint density at radius 3 is 3.06 bits per heavy atom. The molecule has 1 aromatic heterocycles. The summed E-state index contributed by atoms with van der Waals surface area (Å²) in [5.41, 5.74) is -0.591. The highest BCUT2D eigenvalue weighted by Crippen LogP contribution is 2.50. The van der Waals surface area contributed by atoms with Crippen LogP contribution in [0.25, 0.3) is 0 Å². The minimum atomic E-state index is -0.661. The van der Waals surface area contributed by atoms with Gasteiger partial charge in [-0.05, 0) is 46.1 Å². The molecule has 1 aliphatic rings. The standard InChI is InChI=1S/C14H18BrNOS/c1-2-10-4-3-6-14(8-10,9-16)13(17)12-11(15)5-7-18-12/h5,7,10,13,17H,2-4,6,8H2,1H3. The van der Waals surface area contributed by atoms with Gasteiger partial charge < -0.3 is 5.11 Å². The van der Waals surface area contributed by atoms with Crippen LogP contribution in [-0.2, 0) is 0 Å². The van der Waals surface area contributed by atoms with Crippen LogP contribution in [0.3, 0.4) is 0 Å². The van der Waals surface area contributed by atoms with E-state index in [0.29, 0.717) is 5.92 Å². The van der Waals surface area contributed by atoms with E-state index in [2.05, 4.69) is 28.9 Å². The maximum Gasteiger partial charge on any atom is 0.108 e. The van der Waals surface area contributed by atoms with Crippen LogP contribution in [0.1, 0.15) is 50.0 Å². The molecule has 0 radical (unpaired) electrons. The number of aliphatic hydroxyl groups is 1. The van der Waals surface area contributed by atoms with Crippen molar-refractivity contribution in [3.05, 3.63) is 20.8 Å². The zero-order valence-corrected chi connectivity index (χ0v) is 12.9. The largest absolute Gasteiger partial charge is 0.386 e. The molecule has 2 nitrogen and oxygen atoms in total. The molecule has 0 aliphatic heterocycles. The first-order valence-electron chi connectivity index (χ1n) is 6.45. The molecule has 0 saturated heterocycles. The number of rotatable bonds is 3. The molecule has 0 spiro atoms. The number of nitriles is 1. The molecule has 1 N–H and O–H groups in total. The highest BCUT2D eigenvalue weighted by Gasteiger charge is 2.43. The van der Waals surface area contributed by atoms with E-state index < -0.39 is 11.5 Å². The van der Waals surface area contributed by atoms with Crippen molar-refractivity contribution in [1.29, 1.82) is 5.26 Å². The van der Waals surface area contributed by atoms with Crippen molar-refractivity contribution in [3.63, 3.8) is 0 Å². The van der Waals surface area contributed by atoms with Gasteiger partial charge in [0, 0.05) is 9.35 Å². The maximum atomic E-state index is 10.6. The van der Waals surface area contributed by atoms with E-state index in [1.165, 1.54) is 17.8 Å². The van der Waals surface area contributed by atoms with Crippen molar-refractivity contribution >= 4 is 27.3 Å². The van der Waals surface area contributed by atoms with Crippen molar-refractivity contribution in [2.45, 2.75) is 45.1 Å². The first kappa shape index (κ1) is 14.0. The van der Waals surface area contributed by atoms with Crippen LogP contribution in [0, 0.1) is 22.7 Å². The van der Waals surface area contributed by atoms with E-state index in [-0.39, 0.29) is 0 Å². The van der Waals surface area contributed by atoms with E-state index in [0.717, 1.165) is 35.0 Å². The fourth-order valence-corrected chi connectivity index (χ4v) is 4.63. The van der Waals surface area contributed by atoms with Gasteiger partial charge in [0.1, 0.15) is 6.10 Å². The van der Waals surface area contributed by atoms with E-state index in [1.807, 2.05) is 11.4 Å². The minimum Gasteiger partial charge on any atom is -0.386 e. The van der Waals surface area contributed by atoms with Crippen LogP contribution in [-0.4, -0.2) is 5.11 Å². The molecule has 98 valence electrons. The van der Waals surface area contributed by atoms with Gasteiger partial charge in [-0.1, -0.05) is 26.2 Å². The lowest BCUT2D eigenvalue weighted by atomic mass is 9.66. The van der Waals surface area contributed by atoms with Gasteiger partial charge in [0.25, 0.3) is 0 Å². The summed E-state index contributed by atoms with van der Waals surface area (Å²) < 4.78 is 0.924. The molecule has 1 heterocycles. The zero-order valence-electron chi connectivity index (χ0n) is 10.5. The smallest absolute Gasteiger partial charge is 0.108 e. The van der Waals surface area contributed by atoms with E-state index in [9.17, 15) is 10.4 Å². The minimum absolute atomic E-state index is 0.576. The predicted octanol–water partition coefficient (Wildman–Crippen LogP) is 4.65. The lowest BCUT2D eigenvalue weighted by Gasteiger charge is -2.38. The molecule has 2 rings (SSSR count). The molecule has 1 fully saturated rings. The fourth-order valence-electron chi connectivity index (χ4n) is 2.94. The molecular formula is C14H18BrNOS. The summed E-state index contributed by atoms with van der Waals surface area (Å²) in [6, 6.07) is 4.37. The molecule has 1 aromatic rings. The highest BCUT2D eigenvalue weighted by atomic mass is 79.9. The molecule has 18 heavy (non-hydrogen) atoms. The Balaban J connectivity index is 2.27. The van der Waals surface area contributed by atoms with Crippen LogP contribution < -0.4 is 0 Å². The quantitative estimate of drug-likeness (QED) is 0.877. The number of hydrogen-bond acceptors (Lipinski definition) is 3. The average Bonchev–Trinajstić information content (AvgIpc) is 2.84. The van der Waals surface area contributed by atoms with Gasteiger partial charge in [0.05, 0.1) is 11.5 Å². The molecule has 0 bridgehead atoms. The first-order valence-corrected chi connectivity index (χ1v) is 8.12. The maximum absolute atomic E-state index is 10.6. The topological polar surface area (TPSA) is 44.0 Å². The summed E-state index contributed by atoms with van der Waals surface area (Å²) in [6.07, 6.45) is 4.31. The van der Waals surface area contributed by atoms with Gasteiger partial charge in [-0.2, -0.15) is 5.26 Å². The molecule has 3 unspecified atom stereocenters. The van der Waals surface area contributed by atoms with Crippen LogP contribution in [0.2, 0.25) is 0 Å². The van der Waals surface area contributed by atoms with Crippen LogP contribution in [0.5, 0.6) is 0 Å². The number of aliphatic hydroxyl groups excluding tert-OH is 1. The lowest BCUT2D eigenvalue weighted by molar-refractivity contribution is 0.0205. The first-order chi connectivity index (χ1) is 8.63. The normalized spacial score (nSPS) is 29.8. The summed E-state index contributed by atoms with van der Waals surface area (Å²) in [6.45, 7) is 2.17. The third kappa shape index (κ3) is 2.49. The predicted molar refractivity (Wildman–Crippen MR) is 77.3 cm³/mol. The van der Waals surface area contributed by atoms with Crippen molar-refractivity contribution in [2.75, 3.05) is 0 Å². The zero-order chi connectivity index (χ0) is 13.2. The van der Waals surface area contributed by atoms with Crippen molar-refractivity contribution in [3.8, 4) is 6.07 Å². The summed E-state index contributed by atoms with van der Waals surface area (Å²) >= 11 is 4.99. The van der Waals surface area contributed by atoms with E-state index >= 15 is 0 Å². The second-order valence-electron chi connectivity index (χ2n) is 5.17. The Morgan fingerprint density at radius 2 is 2.50 bits per heavy atom. The van der Waals surface area contributed by atoms with Gasteiger partial charge in [-0.25, -0.2) is 0 Å². The molecule has 3 atom stereocenters. The van der Waals surface area contributed by atoms with Crippen molar-refractivity contribution in [1.82, 2.24) is 0 Å². The molecule has 1 aliphatic carbocycles. The summed E-state index contributed by atoms with van der Waals surface area (Å²) in [7, 11) is 0. The lowest BCUT2D eigenvalue weighted by Crippen LogP contribution is -2.33. The summed E-state index contributed by atoms with van der Waals surface area (Å²) in [4.78, 5) is 0.897. The Labute approximate surface area is 121 Å². The molecule has 4 heteroatoms. The molecular weight excluding hydrogens is 310 g/mol. The Hall–Kier alpha value is -0.370. The molecule has 0 aromatic carbocycles. The van der Waals surface area contributed by atoms with Crippen LogP contribution in [0.4, 0.5) is 0 Å². The fraction of sp³-hybridized carbons (Fsp3) is 0.643.